The van der Waals surface area contributed by atoms with Gasteiger partial charge >= 0.3 is 0 Å². The molecule has 18 heavy (non-hydrogen) atoms. The first-order valence-corrected chi connectivity index (χ1v) is 7.47. The Balaban J connectivity index is 1.68. The summed E-state index contributed by atoms with van der Waals surface area (Å²) in [4.78, 5) is 16.0. The van der Waals surface area contributed by atoms with E-state index in [1.165, 1.54) is 0 Å². The quantitative estimate of drug-likeness (QED) is 0.851. The van der Waals surface area contributed by atoms with Gasteiger partial charge < -0.3 is 10.6 Å². The van der Waals surface area contributed by atoms with Gasteiger partial charge in [0.25, 0.3) is 0 Å². The van der Waals surface area contributed by atoms with Crippen LogP contribution in [0.2, 0.25) is 0 Å². The fourth-order valence-corrected chi connectivity index (χ4v) is 2.80. The van der Waals surface area contributed by atoms with E-state index in [1.807, 2.05) is 10.9 Å². The van der Waals surface area contributed by atoms with Gasteiger partial charge in [0, 0.05) is 18.3 Å². The van der Waals surface area contributed by atoms with E-state index < -0.39 is 0 Å². The van der Waals surface area contributed by atoms with Gasteiger partial charge in [0.1, 0.15) is 0 Å². The molecule has 0 spiro atoms. The maximum absolute atomic E-state index is 11.8. The highest BCUT2D eigenvalue weighted by atomic mass is 32.1. The summed E-state index contributed by atoms with van der Waals surface area (Å²) in [7, 11) is 0. The first-order chi connectivity index (χ1) is 8.68. The second kappa shape index (κ2) is 6.29. The summed E-state index contributed by atoms with van der Waals surface area (Å²) in [6.45, 7) is 5.18. The molecule has 0 aromatic carbocycles. The molecule has 1 saturated heterocycles. The predicted molar refractivity (Wildman–Crippen MR) is 73.7 cm³/mol. The highest BCUT2D eigenvalue weighted by Gasteiger charge is 2.26. The standard InChI is InChI=1S/C13H21N3OS/c1-13(4-6-14-7-5-13)9-15-12(17)3-2-11-8-18-10-16-11/h8,10,14H,2-7,9H2,1H3,(H,15,17). The Bertz CT molecular complexity index is 372. The first-order valence-electron chi connectivity index (χ1n) is 6.52. The molecule has 1 aromatic heterocycles. The summed E-state index contributed by atoms with van der Waals surface area (Å²) in [5.41, 5.74) is 3.09. The number of thiazole rings is 1. The van der Waals surface area contributed by atoms with Crippen LogP contribution < -0.4 is 10.6 Å². The van der Waals surface area contributed by atoms with Gasteiger partial charge in [-0.1, -0.05) is 6.92 Å². The van der Waals surface area contributed by atoms with Gasteiger partial charge in [-0.3, -0.25) is 4.79 Å². The molecule has 5 heteroatoms. The smallest absolute Gasteiger partial charge is 0.220 e. The van der Waals surface area contributed by atoms with Gasteiger partial charge in [-0.05, 0) is 37.8 Å². The second-order valence-corrected chi connectivity index (χ2v) is 6.04. The minimum absolute atomic E-state index is 0.141. The highest BCUT2D eigenvalue weighted by Crippen LogP contribution is 2.26. The molecule has 1 aliphatic rings. The molecule has 2 rings (SSSR count). The van der Waals surface area contributed by atoms with E-state index in [1.54, 1.807) is 11.3 Å². The molecule has 0 unspecified atom stereocenters. The van der Waals surface area contributed by atoms with Crippen LogP contribution in [0.15, 0.2) is 10.9 Å². The van der Waals surface area contributed by atoms with Crippen LogP contribution >= 0.6 is 11.3 Å². The fourth-order valence-electron chi connectivity index (χ4n) is 2.21. The van der Waals surface area contributed by atoms with Gasteiger partial charge in [-0.15, -0.1) is 11.3 Å². The molecule has 2 heterocycles. The van der Waals surface area contributed by atoms with Crippen molar-refractivity contribution in [2.45, 2.75) is 32.6 Å². The van der Waals surface area contributed by atoms with Crippen molar-refractivity contribution in [1.82, 2.24) is 15.6 Å². The largest absolute Gasteiger partial charge is 0.356 e. The Morgan fingerprint density at radius 3 is 3.00 bits per heavy atom. The Labute approximate surface area is 112 Å². The zero-order valence-corrected chi connectivity index (χ0v) is 11.7. The van der Waals surface area contributed by atoms with Crippen molar-refractivity contribution < 1.29 is 4.79 Å². The lowest BCUT2D eigenvalue weighted by molar-refractivity contribution is -0.121. The average Bonchev–Trinajstić information content (AvgIpc) is 2.88. The van der Waals surface area contributed by atoms with Crippen molar-refractivity contribution >= 4 is 17.2 Å². The zero-order chi connectivity index (χ0) is 12.8. The van der Waals surface area contributed by atoms with E-state index in [4.69, 9.17) is 0 Å². The molecule has 1 amide bonds. The van der Waals surface area contributed by atoms with Crippen LogP contribution in [0.3, 0.4) is 0 Å². The average molecular weight is 267 g/mol. The molecule has 1 aliphatic heterocycles. The fraction of sp³-hybridized carbons (Fsp3) is 0.692. The van der Waals surface area contributed by atoms with Crippen molar-refractivity contribution in [2.24, 2.45) is 5.41 Å². The molecule has 1 aromatic rings. The van der Waals surface area contributed by atoms with Crippen molar-refractivity contribution in [3.05, 3.63) is 16.6 Å². The van der Waals surface area contributed by atoms with Crippen LogP contribution in [0.25, 0.3) is 0 Å². The van der Waals surface area contributed by atoms with Crippen LogP contribution in [0.1, 0.15) is 31.9 Å². The van der Waals surface area contributed by atoms with E-state index in [0.717, 1.165) is 44.6 Å². The molecule has 100 valence electrons. The first kappa shape index (κ1) is 13.5. The lowest BCUT2D eigenvalue weighted by atomic mass is 9.81. The van der Waals surface area contributed by atoms with Crippen LogP contribution in [-0.4, -0.2) is 30.5 Å². The van der Waals surface area contributed by atoms with E-state index in [2.05, 4.69) is 22.5 Å². The van der Waals surface area contributed by atoms with E-state index >= 15 is 0 Å². The van der Waals surface area contributed by atoms with Gasteiger partial charge in [0.2, 0.25) is 5.91 Å². The number of carbonyl (C=O) groups is 1. The van der Waals surface area contributed by atoms with Crippen molar-refractivity contribution in [3.63, 3.8) is 0 Å². The van der Waals surface area contributed by atoms with Gasteiger partial charge in [0.15, 0.2) is 0 Å². The monoisotopic (exact) mass is 267 g/mol. The topological polar surface area (TPSA) is 54.0 Å². The van der Waals surface area contributed by atoms with Gasteiger partial charge in [-0.25, -0.2) is 4.98 Å². The van der Waals surface area contributed by atoms with E-state index in [9.17, 15) is 4.79 Å². The third-order valence-electron chi connectivity index (χ3n) is 3.61. The molecule has 0 aliphatic carbocycles. The molecule has 1 fully saturated rings. The Morgan fingerprint density at radius 1 is 1.56 bits per heavy atom. The van der Waals surface area contributed by atoms with Gasteiger partial charge in [0.05, 0.1) is 11.2 Å². The lowest BCUT2D eigenvalue weighted by Crippen LogP contribution is -2.42. The molecular formula is C13H21N3OS. The number of nitrogens with one attached hydrogen (secondary N) is 2. The van der Waals surface area contributed by atoms with Crippen molar-refractivity contribution in [1.29, 1.82) is 0 Å². The summed E-state index contributed by atoms with van der Waals surface area (Å²) in [6.07, 6.45) is 3.56. The van der Waals surface area contributed by atoms with Crippen LogP contribution in [-0.2, 0) is 11.2 Å². The van der Waals surface area contributed by atoms with Gasteiger partial charge in [-0.2, -0.15) is 0 Å². The SMILES string of the molecule is CC1(CNC(=O)CCc2cscn2)CCNCC1. The number of carbonyl (C=O) groups excluding carboxylic acids is 1. The Morgan fingerprint density at radius 2 is 2.33 bits per heavy atom. The van der Waals surface area contributed by atoms with Crippen molar-refractivity contribution in [3.8, 4) is 0 Å². The van der Waals surface area contributed by atoms with E-state index in [-0.39, 0.29) is 11.3 Å². The molecule has 2 N–H and O–H groups in total. The Kier molecular flexibility index (Phi) is 4.72. The third-order valence-corrected chi connectivity index (χ3v) is 4.25. The van der Waals surface area contributed by atoms with Crippen LogP contribution in [0.5, 0.6) is 0 Å². The number of aryl methyl sites for hydroxylation is 1. The summed E-state index contributed by atoms with van der Waals surface area (Å²) in [5, 5.41) is 8.42. The minimum atomic E-state index is 0.141. The molecular weight excluding hydrogens is 246 g/mol. The molecule has 0 radical (unpaired) electrons. The molecule has 0 bridgehead atoms. The third kappa shape index (κ3) is 4.07. The maximum atomic E-state index is 11.8. The minimum Gasteiger partial charge on any atom is -0.356 e. The summed E-state index contributed by atoms with van der Waals surface area (Å²) < 4.78 is 0. The Hall–Kier alpha value is -0.940. The number of rotatable bonds is 5. The number of aromatic nitrogens is 1. The summed E-state index contributed by atoms with van der Waals surface area (Å²) in [6, 6.07) is 0. The number of hydrogen-bond acceptors (Lipinski definition) is 4. The number of amides is 1. The summed E-state index contributed by atoms with van der Waals surface area (Å²) in [5.74, 6) is 0.141. The summed E-state index contributed by atoms with van der Waals surface area (Å²) >= 11 is 1.58. The second-order valence-electron chi connectivity index (χ2n) is 5.32. The van der Waals surface area contributed by atoms with Crippen LogP contribution in [0.4, 0.5) is 0 Å². The highest BCUT2D eigenvalue weighted by molar-refractivity contribution is 7.07. The number of piperidine rings is 1. The van der Waals surface area contributed by atoms with Crippen molar-refractivity contribution in [2.75, 3.05) is 19.6 Å². The zero-order valence-electron chi connectivity index (χ0n) is 10.9. The normalized spacial score (nSPS) is 18.5. The molecule has 0 atom stereocenters. The number of hydrogen-bond donors (Lipinski definition) is 2. The molecule has 0 saturated carbocycles. The maximum Gasteiger partial charge on any atom is 0.220 e. The van der Waals surface area contributed by atoms with E-state index in [0.29, 0.717) is 6.42 Å². The lowest BCUT2D eigenvalue weighted by Gasteiger charge is -2.34. The number of nitrogens with zero attached hydrogens (tertiary/aromatic N) is 1. The molecule has 4 nitrogen and oxygen atoms in total. The predicted octanol–water partition coefficient (Wildman–Crippen LogP) is 1.58. The van der Waals surface area contributed by atoms with Crippen LogP contribution in [0, 0.1) is 5.41 Å².